The summed E-state index contributed by atoms with van der Waals surface area (Å²) in [7, 11) is 0. The molecule has 0 rings (SSSR count). The highest BCUT2D eigenvalue weighted by atomic mass is 16.6. The topological polar surface area (TPSA) is 78.9 Å². The Labute approximate surface area is 366 Å². The molecule has 0 aromatic heterocycles. The number of hydrogen-bond donors (Lipinski definition) is 0. The second-order valence-electron chi connectivity index (χ2n) is 17.4. The van der Waals surface area contributed by atoms with Gasteiger partial charge in [-0.1, -0.05) is 212 Å². The van der Waals surface area contributed by atoms with E-state index < -0.39 is 6.10 Å². The lowest BCUT2D eigenvalue weighted by Gasteiger charge is -2.18. The van der Waals surface area contributed by atoms with E-state index in [4.69, 9.17) is 14.2 Å². The van der Waals surface area contributed by atoms with E-state index in [1.807, 2.05) is 0 Å². The number of unbranched alkanes of at least 4 members (excludes halogenated alkanes) is 32. The van der Waals surface area contributed by atoms with Crippen LogP contribution in [0.25, 0.3) is 0 Å². The maximum absolute atomic E-state index is 12.8. The van der Waals surface area contributed by atoms with Crippen LogP contribution in [-0.2, 0) is 28.6 Å². The van der Waals surface area contributed by atoms with E-state index in [-0.39, 0.29) is 31.1 Å². The molecule has 0 aliphatic carbocycles. The van der Waals surface area contributed by atoms with Crippen molar-refractivity contribution in [1.29, 1.82) is 0 Å². The minimum atomic E-state index is -0.773. The summed E-state index contributed by atoms with van der Waals surface area (Å²) >= 11 is 0. The molecule has 6 heteroatoms. The molecule has 0 aliphatic heterocycles. The van der Waals surface area contributed by atoms with Crippen LogP contribution in [0.3, 0.4) is 0 Å². The van der Waals surface area contributed by atoms with E-state index in [0.717, 1.165) is 70.6 Å². The van der Waals surface area contributed by atoms with Crippen molar-refractivity contribution in [3.8, 4) is 0 Å². The van der Waals surface area contributed by atoms with E-state index in [9.17, 15) is 14.4 Å². The smallest absolute Gasteiger partial charge is 0.306 e. The van der Waals surface area contributed by atoms with Gasteiger partial charge in [0.2, 0.25) is 0 Å². The summed E-state index contributed by atoms with van der Waals surface area (Å²) in [6.45, 7) is 6.62. The monoisotopic (exact) mass is 831 g/mol. The van der Waals surface area contributed by atoms with Gasteiger partial charge in [-0.3, -0.25) is 14.4 Å². The third kappa shape index (κ3) is 46.8. The van der Waals surface area contributed by atoms with Crippen molar-refractivity contribution < 1.29 is 28.6 Å². The Kier molecular flexibility index (Phi) is 46.8. The largest absolute Gasteiger partial charge is 0.462 e. The molecule has 0 aromatic carbocycles. The molecule has 0 heterocycles. The minimum Gasteiger partial charge on any atom is -0.462 e. The van der Waals surface area contributed by atoms with Gasteiger partial charge >= 0.3 is 17.9 Å². The lowest BCUT2D eigenvalue weighted by molar-refractivity contribution is -0.167. The maximum Gasteiger partial charge on any atom is 0.306 e. The number of esters is 3. The first-order valence-electron chi connectivity index (χ1n) is 25.8. The second-order valence-corrected chi connectivity index (χ2v) is 17.4. The summed E-state index contributed by atoms with van der Waals surface area (Å²) in [6, 6.07) is 0. The Morgan fingerprint density at radius 2 is 0.559 bits per heavy atom. The van der Waals surface area contributed by atoms with Crippen LogP contribution in [0.5, 0.6) is 0 Å². The van der Waals surface area contributed by atoms with Gasteiger partial charge in [-0.15, -0.1) is 0 Å². The Bertz CT molecular complexity index is 958. The summed E-state index contributed by atoms with van der Waals surface area (Å²) in [6.07, 6.45) is 54.4. The van der Waals surface area contributed by atoms with Crippen molar-refractivity contribution in [3.05, 3.63) is 24.3 Å². The third-order valence-corrected chi connectivity index (χ3v) is 11.4. The zero-order chi connectivity index (χ0) is 43.0. The van der Waals surface area contributed by atoms with Gasteiger partial charge in [-0.25, -0.2) is 0 Å². The van der Waals surface area contributed by atoms with E-state index in [1.165, 1.54) is 167 Å². The predicted molar refractivity (Wildman–Crippen MR) is 252 cm³/mol. The summed E-state index contributed by atoms with van der Waals surface area (Å²) in [5, 5.41) is 0. The molecule has 0 saturated heterocycles. The van der Waals surface area contributed by atoms with Crippen LogP contribution >= 0.6 is 0 Å². The molecule has 0 unspecified atom stereocenters. The standard InChI is InChI=1S/C53H98O6/c1-4-7-10-13-16-19-22-25-26-29-31-34-37-40-43-46-52(55)58-49-50(59-53(56)47-44-41-38-35-32-28-24-21-18-15-12-9-6-3)48-57-51(54)45-42-39-36-33-30-27-23-20-17-14-11-8-5-2/h20-21,23-24,50H,4-19,22,25-49H2,1-3H3/b23-20-,24-21-/t50-/m1/s1. The average Bonchev–Trinajstić information content (AvgIpc) is 3.23. The molecule has 0 aromatic rings. The van der Waals surface area contributed by atoms with Gasteiger partial charge in [0.05, 0.1) is 0 Å². The van der Waals surface area contributed by atoms with Gasteiger partial charge in [0, 0.05) is 19.3 Å². The van der Waals surface area contributed by atoms with E-state index in [1.54, 1.807) is 0 Å². The highest BCUT2D eigenvalue weighted by Gasteiger charge is 2.19. The molecule has 6 nitrogen and oxygen atoms in total. The molecule has 0 aliphatic rings. The lowest BCUT2D eigenvalue weighted by Crippen LogP contribution is -2.30. The first-order chi connectivity index (χ1) is 29.0. The van der Waals surface area contributed by atoms with E-state index >= 15 is 0 Å². The number of carbonyl (C=O) groups excluding carboxylic acids is 3. The summed E-state index contributed by atoms with van der Waals surface area (Å²) in [4.78, 5) is 37.9. The molecular formula is C53H98O6. The number of ether oxygens (including phenoxy) is 3. The quantitative estimate of drug-likeness (QED) is 0.0263. The van der Waals surface area contributed by atoms with Crippen molar-refractivity contribution >= 4 is 17.9 Å². The van der Waals surface area contributed by atoms with Gasteiger partial charge in [0.1, 0.15) is 13.2 Å². The SMILES string of the molecule is CCCCCC/C=C\CCCCCCCC(=O)OC[C@H](COC(=O)CCCCCCCCCCCCCCCCC)OC(=O)CCCCCCC/C=C\CCCCCC. The average molecular weight is 831 g/mol. The Hall–Kier alpha value is -2.11. The molecule has 0 fully saturated rings. The summed E-state index contributed by atoms with van der Waals surface area (Å²) in [5.74, 6) is -0.879. The van der Waals surface area contributed by atoms with Gasteiger partial charge < -0.3 is 14.2 Å². The van der Waals surface area contributed by atoms with Crippen molar-refractivity contribution in [3.63, 3.8) is 0 Å². The van der Waals surface area contributed by atoms with Gasteiger partial charge in [-0.2, -0.15) is 0 Å². The van der Waals surface area contributed by atoms with Gasteiger partial charge in [0.15, 0.2) is 6.10 Å². The summed E-state index contributed by atoms with van der Waals surface area (Å²) < 4.78 is 16.8. The van der Waals surface area contributed by atoms with Crippen molar-refractivity contribution in [1.82, 2.24) is 0 Å². The molecule has 0 bridgehead atoms. The number of rotatable bonds is 47. The fraction of sp³-hybridized carbons (Fsp3) is 0.868. The van der Waals surface area contributed by atoms with Gasteiger partial charge in [0.25, 0.3) is 0 Å². The molecule has 59 heavy (non-hydrogen) atoms. The molecule has 0 radical (unpaired) electrons. The highest BCUT2D eigenvalue weighted by molar-refractivity contribution is 5.71. The Morgan fingerprint density at radius 3 is 0.864 bits per heavy atom. The van der Waals surface area contributed by atoms with Crippen molar-refractivity contribution in [2.75, 3.05) is 13.2 Å². The fourth-order valence-electron chi connectivity index (χ4n) is 7.49. The van der Waals surface area contributed by atoms with Crippen LogP contribution < -0.4 is 0 Å². The molecule has 0 saturated carbocycles. The first kappa shape index (κ1) is 56.9. The van der Waals surface area contributed by atoms with Crippen molar-refractivity contribution in [2.24, 2.45) is 0 Å². The molecule has 0 spiro atoms. The number of allylic oxidation sites excluding steroid dienone is 4. The lowest BCUT2D eigenvalue weighted by atomic mass is 10.0. The van der Waals surface area contributed by atoms with Gasteiger partial charge in [-0.05, 0) is 70.6 Å². The zero-order valence-corrected chi connectivity index (χ0v) is 39.5. The van der Waals surface area contributed by atoms with E-state index in [0.29, 0.717) is 19.3 Å². The van der Waals surface area contributed by atoms with Crippen LogP contribution in [0.15, 0.2) is 24.3 Å². The molecule has 346 valence electrons. The van der Waals surface area contributed by atoms with E-state index in [2.05, 4.69) is 45.1 Å². The minimum absolute atomic E-state index is 0.0735. The number of hydrogen-bond acceptors (Lipinski definition) is 6. The van der Waals surface area contributed by atoms with Crippen LogP contribution in [0, 0.1) is 0 Å². The van der Waals surface area contributed by atoms with Crippen LogP contribution in [0.4, 0.5) is 0 Å². The highest BCUT2D eigenvalue weighted by Crippen LogP contribution is 2.15. The molecule has 1 atom stereocenters. The maximum atomic E-state index is 12.8. The van der Waals surface area contributed by atoms with Crippen LogP contribution in [0.2, 0.25) is 0 Å². The summed E-state index contributed by atoms with van der Waals surface area (Å²) in [5.41, 5.74) is 0. The Morgan fingerprint density at radius 1 is 0.322 bits per heavy atom. The third-order valence-electron chi connectivity index (χ3n) is 11.4. The number of carbonyl (C=O) groups is 3. The molecule has 0 N–H and O–H groups in total. The molecule has 0 amide bonds. The second kappa shape index (κ2) is 48.6. The van der Waals surface area contributed by atoms with Crippen LogP contribution in [-0.4, -0.2) is 37.2 Å². The predicted octanol–water partition coefficient (Wildman–Crippen LogP) is 16.8. The van der Waals surface area contributed by atoms with Crippen molar-refractivity contribution in [2.45, 2.75) is 284 Å². The normalized spacial score (nSPS) is 12.1. The fourth-order valence-corrected chi connectivity index (χ4v) is 7.49. The Balaban J connectivity index is 4.35. The zero-order valence-electron chi connectivity index (χ0n) is 39.5. The molecular weight excluding hydrogens is 733 g/mol. The first-order valence-corrected chi connectivity index (χ1v) is 25.8. The van der Waals surface area contributed by atoms with Crippen LogP contribution in [0.1, 0.15) is 278 Å².